The molecule has 0 saturated carbocycles. The molecular formula is C25H30N6O3. The molecule has 0 spiro atoms. The summed E-state index contributed by atoms with van der Waals surface area (Å²) in [6.07, 6.45) is 9.02. The third kappa shape index (κ3) is 4.41. The molecule has 1 N–H and O–H groups in total. The lowest BCUT2D eigenvalue weighted by molar-refractivity contribution is -0.0365. The Morgan fingerprint density at radius 3 is 2.88 bits per heavy atom. The lowest BCUT2D eigenvalue weighted by Crippen LogP contribution is -2.19. The second-order valence-electron chi connectivity index (χ2n) is 8.93. The SMILES string of the molecule is Cc1cnc(-c2nn(C3CCCCO3)c3ccc(OC(C)C)cc23)nc1-n1cc(CCO)cn1. The minimum absolute atomic E-state index is 0.0628. The monoisotopic (exact) mass is 462 g/mol. The lowest BCUT2D eigenvalue weighted by atomic mass is 10.1. The van der Waals surface area contributed by atoms with Crippen molar-refractivity contribution >= 4 is 10.9 Å². The number of rotatable bonds is 7. The molecule has 0 radical (unpaired) electrons. The third-order valence-electron chi connectivity index (χ3n) is 5.89. The highest BCUT2D eigenvalue weighted by molar-refractivity contribution is 5.92. The van der Waals surface area contributed by atoms with E-state index in [-0.39, 0.29) is 18.9 Å². The van der Waals surface area contributed by atoms with Crippen molar-refractivity contribution in [1.29, 1.82) is 0 Å². The Balaban J connectivity index is 1.63. The molecule has 5 rings (SSSR count). The standard InChI is InChI=1S/C25H30N6O3/c1-16(2)34-19-7-8-21-20(12-19)23(29-31(21)22-6-4-5-11-33-22)24-26-13-17(3)25(28-24)30-15-18(9-10-32)14-27-30/h7-8,12-16,22,32H,4-6,9-11H2,1-3H3. The fraction of sp³-hybridized carbons (Fsp3) is 0.440. The zero-order valence-electron chi connectivity index (χ0n) is 19.8. The summed E-state index contributed by atoms with van der Waals surface area (Å²) in [6.45, 7) is 6.78. The number of aliphatic hydroxyl groups excluding tert-OH is 1. The van der Waals surface area contributed by atoms with Gasteiger partial charge in [0.1, 0.15) is 11.4 Å². The van der Waals surface area contributed by atoms with Gasteiger partial charge in [0.15, 0.2) is 17.9 Å². The first kappa shape index (κ1) is 22.5. The van der Waals surface area contributed by atoms with Crippen LogP contribution < -0.4 is 4.74 Å². The molecule has 1 fully saturated rings. The van der Waals surface area contributed by atoms with Crippen molar-refractivity contribution in [3.63, 3.8) is 0 Å². The molecule has 1 aliphatic heterocycles. The van der Waals surface area contributed by atoms with E-state index in [1.165, 1.54) is 0 Å². The van der Waals surface area contributed by atoms with Gasteiger partial charge in [0.25, 0.3) is 0 Å². The number of benzene rings is 1. The van der Waals surface area contributed by atoms with Gasteiger partial charge in [-0.3, -0.25) is 0 Å². The van der Waals surface area contributed by atoms with Crippen molar-refractivity contribution in [2.45, 2.75) is 58.8 Å². The van der Waals surface area contributed by atoms with Crippen LogP contribution in [0.5, 0.6) is 5.75 Å². The molecule has 0 amide bonds. The summed E-state index contributed by atoms with van der Waals surface area (Å²) in [4.78, 5) is 9.48. The highest BCUT2D eigenvalue weighted by atomic mass is 16.5. The topological polar surface area (TPSA) is 100 Å². The Kier molecular flexibility index (Phi) is 6.30. The first-order chi connectivity index (χ1) is 16.5. The molecule has 9 nitrogen and oxygen atoms in total. The van der Waals surface area contributed by atoms with E-state index >= 15 is 0 Å². The summed E-state index contributed by atoms with van der Waals surface area (Å²) < 4.78 is 15.7. The molecule has 1 atom stereocenters. The van der Waals surface area contributed by atoms with E-state index in [2.05, 4.69) is 10.1 Å². The molecule has 0 bridgehead atoms. The van der Waals surface area contributed by atoms with Gasteiger partial charge in [0.05, 0.1) is 17.8 Å². The summed E-state index contributed by atoms with van der Waals surface area (Å²) in [5.74, 6) is 1.97. The molecule has 34 heavy (non-hydrogen) atoms. The van der Waals surface area contributed by atoms with E-state index < -0.39 is 0 Å². The van der Waals surface area contributed by atoms with Gasteiger partial charge in [0.2, 0.25) is 0 Å². The van der Waals surface area contributed by atoms with Gasteiger partial charge in [-0.15, -0.1) is 0 Å². The fourth-order valence-electron chi connectivity index (χ4n) is 4.28. The number of hydrogen-bond donors (Lipinski definition) is 1. The Bertz CT molecular complexity index is 1290. The highest BCUT2D eigenvalue weighted by Crippen LogP contribution is 2.34. The van der Waals surface area contributed by atoms with Crippen LogP contribution >= 0.6 is 0 Å². The van der Waals surface area contributed by atoms with E-state index in [4.69, 9.17) is 19.6 Å². The Morgan fingerprint density at radius 1 is 1.24 bits per heavy atom. The van der Waals surface area contributed by atoms with Crippen LogP contribution in [-0.2, 0) is 11.2 Å². The summed E-state index contributed by atoms with van der Waals surface area (Å²) in [7, 11) is 0. The number of aliphatic hydroxyl groups is 1. The fourth-order valence-corrected chi connectivity index (χ4v) is 4.28. The van der Waals surface area contributed by atoms with Crippen molar-refractivity contribution in [2.75, 3.05) is 13.2 Å². The minimum atomic E-state index is -0.112. The number of ether oxygens (including phenoxy) is 2. The number of aromatic nitrogens is 6. The highest BCUT2D eigenvalue weighted by Gasteiger charge is 2.24. The number of hydrogen-bond acceptors (Lipinski definition) is 7. The molecule has 4 heterocycles. The summed E-state index contributed by atoms with van der Waals surface area (Å²) in [5.41, 5.74) is 3.49. The van der Waals surface area contributed by atoms with Crippen molar-refractivity contribution in [3.8, 4) is 23.1 Å². The van der Waals surface area contributed by atoms with Crippen molar-refractivity contribution in [3.05, 3.63) is 47.9 Å². The lowest BCUT2D eigenvalue weighted by Gasteiger charge is -2.23. The van der Waals surface area contributed by atoms with Gasteiger partial charge in [-0.25, -0.2) is 19.3 Å². The van der Waals surface area contributed by atoms with Gasteiger partial charge in [-0.05, 0) is 70.2 Å². The predicted octanol–water partition coefficient (Wildman–Crippen LogP) is 4.01. The number of fused-ring (bicyclic) bond motifs is 1. The quantitative estimate of drug-likeness (QED) is 0.443. The zero-order chi connectivity index (χ0) is 23.7. The van der Waals surface area contributed by atoms with Crippen molar-refractivity contribution in [1.82, 2.24) is 29.5 Å². The van der Waals surface area contributed by atoms with Crippen molar-refractivity contribution < 1.29 is 14.6 Å². The van der Waals surface area contributed by atoms with Crippen LogP contribution in [0.2, 0.25) is 0 Å². The van der Waals surface area contributed by atoms with E-state index in [0.29, 0.717) is 23.8 Å². The van der Waals surface area contributed by atoms with Crippen LogP contribution in [0.3, 0.4) is 0 Å². The van der Waals surface area contributed by atoms with E-state index in [1.54, 1.807) is 17.1 Å². The normalized spacial score (nSPS) is 16.4. The van der Waals surface area contributed by atoms with Crippen LogP contribution in [-0.4, -0.2) is 54.0 Å². The van der Waals surface area contributed by atoms with Gasteiger partial charge < -0.3 is 14.6 Å². The second kappa shape index (κ2) is 9.52. The van der Waals surface area contributed by atoms with Crippen LogP contribution in [0.4, 0.5) is 0 Å². The molecule has 3 aromatic heterocycles. The van der Waals surface area contributed by atoms with Gasteiger partial charge >= 0.3 is 0 Å². The van der Waals surface area contributed by atoms with Crippen molar-refractivity contribution in [2.24, 2.45) is 0 Å². The van der Waals surface area contributed by atoms with Gasteiger partial charge in [0, 0.05) is 36.6 Å². The second-order valence-corrected chi connectivity index (χ2v) is 8.93. The largest absolute Gasteiger partial charge is 0.491 e. The minimum Gasteiger partial charge on any atom is -0.491 e. The Morgan fingerprint density at radius 2 is 2.12 bits per heavy atom. The predicted molar refractivity (Wildman–Crippen MR) is 128 cm³/mol. The Hall–Kier alpha value is -3.30. The molecular weight excluding hydrogens is 432 g/mol. The molecule has 0 aliphatic carbocycles. The maximum atomic E-state index is 9.24. The first-order valence-electron chi connectivity index (χ1n) is 11.8. The van der Waals surface area contributed by atoms with Gasteiger partial charge in [-0.1, -0.05) is 0 Å². The maximum Gasteiger partial charge on any atom is 0.182 e. The summed E-state index contributed by atoms with van der Waals surface area (Å²) >= 11 is 0. The van der Waals surface area contributed by atoms with Crippen LogP contribution in [0.15, 0.2) is 36.8 Å². The number of nitrogens with zero attached hydrogens (tertiary/aromatic N) is 6. The summed E-state index contributed by atoms with van der Waals surface area (Å²) in [6, 6.07) is 6.01. The Labute approximate surface area is 198 Å². The molecule has 1 aromatic carbocycles. The molecule has 178 valence electrons. The zero-order valence-corrected chi connectivity index (χ0v) is 19.8. The van der Waals surface area contributed by atoms with E-state index in [0.717, 1.165) is 53.6 Å². The van der Waals surface area contributed by atoms with E-state index in [9.17, 15) is 5.11 Å². The van der Waals surface area contributed by atoms with E-state index in [1.807, 2.05) is 49.8 Å². The molecule has 9 heteroatoms. The smallest absolute Gasteiger partial charge is 0.182 e. The first-order valence-corrected chi connectivity index (χ1v) is 11.8. The van der Waals surface area contributed by atoms with Crippen LogP contribution in [0.1, 0.15) is 50.5 Å². The summed E-state index contributed by atoms with van der Waals surface area (Å²) in [5, 5.41) is 19.5. The van der Waals surface area contributed by atoms with Crippen LogP contribution in [0.25, 0.3) is 28.2 Å². The molecule has 1 saturated heterocycles. The number of aryl methyl sites for hydroxylation is 1. The molecule has 4 aromatic rings. The average molecular weight is 463 g/mol. The molecule has 1 unspecified atom stereocenters. The maximum absolute atomic E-state index is 9.24. The molecule has 1 aliphatic rings. The van der Waals surface area contributed by atoms with Gasteiger partial charge in [-0.2, -0.15) is 10.2 Å². The third-order valence-corrected chi connectivity index (χ3v) is 5.89. The average Bonchev–Trinajstić information content (AvgIpc) is 3.45. The van der Waals surface area contributed by atoms with Crippen LogP contribution in [0, 0.1) is 6.92 Å².